The number of nitrogens with zero attached hydrogens (tertiary/aromatic N) is 4. The molecule has 0 bridgehead atoms. The third kappa shape index (κ3) is 7.08. The number of aromatic nitrogens is 4. The van der Waals surface area contributed by atoms with Gasteiger partial charge in [-0.15, -0.1) is 0 Å². The van der Waals surface area contributed by atoms with Crippen LogP contribution in [0.1, 0.15) is 0 Å². The largest absolute Gasteiger partial charge is 0.452 e. The van der Waals surface area contributed by atoms with E-state index in [0.717, 1.165) is 122 Å². The van der Waals surface area contributed by atoms with Crippen molar-refractivity contribution >= 4 is 43.9 Å². The van der Waals surface area contributed by atoms with E-state index in [1.54, 1.807) is 0 Å². The van der Waals surface area contributed by atoms with Crippen molar-refractivity contribution in [1.29, 1.82) is 0 Å². The third-order valence-electron chi connectivity index (χ3n) is 12.7. The second-order valence-electron chi connectivity index (χ2n) is 17.0. The van der Waals surface area contributed by atoms with E-state index in [1.807, 2.05) is 97.1 Å². The van der Waals surface area contributed by atoms with Gasteiger partial charge in [0.15, 0.2) is 22.8 Å². The lowest BCUT2D eigenvalue weighted by Crippen LogP contribution is -1.96. The number of benzene rings is 9. The van der Waals surface area contributed by atoms with Gasteiger partial charge < -0.3 is 8.83 Å². The van der Waals surface area contributed by atoms with Gasteiger partial charge in [-0.3, -0.25) is 0 Å². The second kappa shape index (κ2) is 16.3. The number of rotatable bonds is 8. The molecule has 13 aromatic rings. The lowest BCUT2D eigenvalue weighted by atomic mass is 9.99. The summed E-state index contributed by atoms with van der Waals surface area (Å²) >= 11 is 0. The predicted molar refractivity (Wildman–Crippen MR) is 276 cm³/mol. The molecule has 0 aliphatic heterocycles. The summed E-state index contributed by atoms with van der Waals surface area (Å²) in [5.74, 6) is 1.38. The van der Waals surface area contributed by atoms with Crippen molar-refractivity contribution < 1.29 is 8.83 Å². The van der Waals surface area contributed by atoms with Crippen molar-refractivity contribution in [2.24, 2.45) is 0 Å². The Bertz CT molecular complexity index is 3640. The molecule has 318 valence electrons. The van der Waals surface area contributed by atoms with Gasteiger partial charge in [-0.25, -0.2) is 19.9 Å². The maximum Gasteiger partial charge on any atom is 0.178 e. The molecule has 0 spiro atoms. The molecule has 6 nitrogen and oxygen atoms in total. The summed E-state index contributed by atoms with van der Waals surface area (Å²) in [5, 5.41) is 4.09. The molecule has 0 saturated carbocycles. The highest BCUT2D eigenvalue weighted by atomic mass is 16.4. The standard InChI is InChI=1S/C62H38N4O2/c1-5-15-39(16-6-1)53-37-55(65-61(63-53)41-19-9-3-10-20-41)47-25-13-23-43(33-47)45-27-29-49-51-31-32-52-50-30-28-46(36-58(50)68-60(52)59(51)67-57(49)35-45)44-24-14-26-48(34-44)56-38-54(40-17-7-2-8-18-40)64-62(66-56)42-21-11-4-12-22-42/h1-38H. The molecule has 6 heteroatoms. The summed E-state index contributed by atoms with van der Waals surface area (Å²) in [6.07, 6.45) is 0. The molecule has 0 saturated heterocycles. The van der Waals surface area contributed by atoms with Crippen LogP contribution in [0, 0.1) is 0 Å². The van der Waals surface area contributed by atoms with Gasteiger partial charge in [0.2, 0.25) is 0 Å². The summed E-state index contributed by atoms with van der Waals surface area (Å²) in [5.41, 5.74) is 16.8. The number of hydrogen-bond acceptors (Lipinski definition) is 6. The smallest absolute Gasteiger partial charge is 0.178 e. The molecule has 0 aliphatic carbocycles. The topological polar surface area (TPSA) is 77.8 Å². The number of furan rings is 2. The highest BCUT2D eigenvalue weighted by Crippen LogP contribution is 2.41. The van der Waals surface area contributed by atoms with Gasteiger partial charge in [-0.05, 0) is 82.9 Å². The monoisotopic (exact) mass is 870 g/mol. The van der Waals surface area contributed by atoms with Crippen LogP contribution in [0.2, 0.25) is 0 Å². The van der Waals surface area contributed by atoms with E-state index in [2.05, 4.69) is 133 Å². The highest BCUT2D eigenvalue weighted by Gasteiger charge is 2.19. The molecule has 0 atom stereocenters. The average molecular weight is 871 g/mol. The Kier molecular flexibility index (Phi) is 9.39. The molecule has 4 heterocycles. The molecular weight excluding hydrogens is 833 g/mol. The average Bonchev–Trinajstić information content (AvgIpc) is 4.00. The third-order valence-corrected chi connectivity index (χ3v) is 12.7. The summed E-state index contributed by atoms with van der Waals surface area (Å²) < 4.78 is 13.5. The Morgan fingerprint density at radius 3 is 0.926 bits per heavy atom. The molecular formula is C62H38N4O2. The lowest BCUT2D eigenvalue weighted by molar-refractivity contribution is 0.633. The fraction of sp³-hybridized carbons (Fsp3) is 0. The van der Waals surface area contributed by atoms with E-state index in [0.29, 0.717) is 11.6 Å². The molecule has 68 heavy (non-hydrogen) atoms. The van der Waals surface area contributed by atoms with Crippen LogP contribution in [0.25, 0.3) is 134 Å². The van der Waals surface area contributed by atoms with Crippen molar-refractivity contribution in [3.05, 3.63) is 231 Å². The first-order valence-corrected chi connectivity index (χ1v) is 22.7. The minimum absolute atomic E-state index is 0.688. The molecule has 0 amide bonds. The SMILES string of the molecule is c1ccc(-c2cc(-c3cccc(-c4ccc5c(c4)oc4c5ccc5c6ccc(-c7cccc(-c8cc(-c9ccccc9)nc(-c9ccccc9)n8)c7)cc6oc54)c3)nc(-c3ccccc3)n2)cc1. The first-order chi connectivity index (χ1) is 33.6. The van der Waals surface area contributed by atoms with Crippen LogP contribution in [0.15, 0.2) is 239 Å². The van der Waals surface area contributed by atoms with Crippen molar-refractivity contribution in [2.75, 3.05) is 0 Å². The van der Waals surface area contributed by atoms with Crippen LogP contribution >= 0.6 is 0 Å². The molecule has 0 aliphatic rings. The molecule has 4 aromatic heterocycles. The fourth-order valence-electron chi connectivity index (χ4n) is 9.28. The zero-order valence-corrected chi connectivity index (χ0v) is 36.5. The van der Waals surface area contributed by atoms with Gasteiger partial charge in [0.1, 0.15) is 11.2 Å². The summed E-state index contributed by atoms with van der Waals surface area (Å²) in [6.45, 7) is 0. The lowest BCUT2D eigenvalue weighted by Gasteiger charge is -2.10. The minimum atomic E-state index is 0.688. The van der Waals surface area contributed by atoms with Crippen molar-refractivity contribution in [3.8, 4) is 90.1 Å². The zero-order chi connectivity index (χ0) is 45.0. The zero-order valence-electron chi connectivity index (χ0n) is 36.5. The molecule has 0 radical (unpaired) electrons. The van der Waals surface area contributed by atoms with Gasteiger partial charge in [0.25, 0.3) is 0 Å². The van der Waals surface area contributed by atoms with Gasteiger partial charge in [-0.1, -0.05) is 170 Å². The Labute approximate surface area is 391 Å². The van der Waals surface area contributed by atoms with E-state index < -0.39 is 0 Å². The van der Waals surface area contributed by atoms with Crippen LogP contribution in [-0.4, -0.2) is 19.9 Å². The first-order valence-electron chi connectivity index (χ1n) is 22.7. The van der Waals surface area contributed by atoms with Crippen molar-refractivity contribution in [1.82, 2.24) is 19.9 Å². The molecule has 0 N–H and O–H groups in total. The molecule has 9 aromatic carbocycles. The van der Waals surface area contributed by atoms with Gasteiger partial charge >= 0.3 is 0 Å². The Morgan fingerprint density at radius 2 is 0.529 bits per heavy atom. The summed E-state index contributed by atoms with van der Waals surface area (Å²) in [4.78, 5) is 20.1. The van der Waals surface area contributed by atoms with Gasteiger partial charge in [0, 0.05) is 54.9 Å². The highest BCUT2D eigenvalue weighted by molar-refractivity contribution is 6.19. The summed E-state index contributed by atoms with van der Waals surface area (Å²) in [7, 11) is 0. The van der Waals surface area contributed by atoms with E-state index in [9.17, 15) is 0 Å². The van der Waals surface area contributed by atoms with Crippen LogP contribution in [0.4, 0.5) is 0 Å². The van der Waals surface area contributed by atoms with Gasteiger partial charge in [-0.2, -0.15) is 0 Å². The first kappa shape index (κ1) is 39.1. The summed E-state index contributed by atoms with van der Waals surface area (Å²) in [6, 6.07) is 79.2. The van der Waals surface area contributed by atoms with Crippen molar-refractivity contribution in [3.63, 3.8) is 0 Å². The van der Waals surface area contributed by atoms with E-state index >= 15 is 0 Å². The molecule has 0 fully saturated rings. The predicted octanol–water partition coefficient (Wildman–Crippen LogP) is 16.4. The van der Waals surface area contributed by atoms with Crippen LogP contribution in [0.5, 0.6) is 0 Å². The quantitative estimate of drug-likeness (QED) is 0.151. The number of hydrogen-bond donors (Lipinski definition) is 0. The molecule has 13 rings (SSSR count). The normalized spacial score (nSPS) is 11.5. The molecule has 0 unspecified atom stereocenters. The van der Waals surface area contributed by atoms with E-state index in [-0.39, 0.29) is 0 Å². The Balaban J connectivity index is 0.849. The number of fused-ring (bicyclic) bond motifs is 7. The maximum absolute atomic E-state index is 6.74. The van der Waals surface area contributed by atoms with Gasteiger partial charge in [0.05, 0.1) is 22.8 Å². The van der Waals surface area contributed by atoms with Crippen LogP contribution in [-0.2, 0) is 0 Å². The Hall–Kier alpha value is -9.26. The van der Waals surface area contributed by atoms with E-state index in [1.165, 1.54) is 0 Å². The van der Waals surface area contributed by atoms with Crippen molar-refractivity contribution in [2.45, 2.75) is 0 Å². The maximum atomic E-state index is 6.74. The minimum Gasteiger partial charge on any atom is -0.452 e. The Morgan fingerprint density at radius 1 is 0.221 bits per heavy atom. The second-order valence-corrected chi connectivity index (χ2v) is 17.0. The van der Waals surface area contributed by atoms with E-state index in [4.69, 9.17) is 28.8 Å². The fourth-order valence-corrected chi connectivity index (χ4v) is 9.28. The van der Waals surface area contributed by atoms with Crippen LogP contribution in [0.3, 0.4) is 0 Å². The van der Waals surface area contributed by atoms with Crippen LogP contribution < -0.4 is 0 Å².